The molecule has 1 saturated carbocycles. The summed E-state index contributed by atoms with van der Waals surface area (Å²) in [5.41, 5.74) is 0. The molecule has 4 nitrogen and oxygen atoms in total. The summed E-state index contributed by atoms with van der Waals surface area (Å²) in [5, 5.41) is 17.8. The SMILES string of the molecule is C=C(Cl)/C(=C(\C)O)S(=O)(=O)C1CCC[C@@H]1O. The smallest absolute Gasteiger partial charge is 0.188 e. The van der Waals surface area contributed by atoms with Gasteiger partial charge in [-0.1, -0.05) is 18.2 Å². The van der Waals surface area contributed by atoms with Crippen molar-refractivity contribution in [3.8, 4) is 0 Å². The summed E-state index contributed by atoms with van der Waals surface area (Å²) in [4.78, 5) is -0.361. The molecule has 0 aromatic rings. The van der Waals surface area contributed by atoms with Crippen LogP contribution in [0.25, 0.3) is 0 Å². The lowest BCUT2D eigenvalue weighted by molar-refractivity contribution is 0.185. The van der Waals surface area contributed by atoms with E-state index in [1.807, 2.05) is 0 Å². The van der Waals surface area contributed by atoms with Gasteiger partial charge in [0, 0.05) is 0 Å². The monoisotopic (exact) mass is 266 g/mol. The minimum absolute atomic E-state index is 0.223. The molecular weight excluding hydrogens is 252 g/mol. The Bertz CT molecular complexity index is 420. The first-order valence-electron chi connectivity index (χ1n) is 4.95. The van der Waals surface area contributed by atoms with E-state index in [-0.39, 0.29) is 15.7 Å². The highest BCUT2D eigenvalue weighted by atomic mass is 35.5. The van der Waals surface area contributed by atoms with Crippen LogP contribution < -0.4 is 0 Å². The summed E-state index contributed by atoms with van der Waals surface area (Å²) in [6.45, 7) is 4.56. The molecule has 0 aliphatic heterocycles. The van der Waals surface area contributed by atoms with Crippen LogP contribution in [0.3, 0.4) is 0 Å². The molecule has 2 atom stereocenters. The standard InChI is InChI=1S/C10H15ClO4S/c1-6(11)10(7(2)12)16(14,15)9-5-3-4-8(9)13/h8-9,12-13H,1,3-5H2,2H3/b10-7-/t8-,9?/m0/s1. The minimum Gasteiger partial charge on any atom is -0.511 e. The Morgan fingerprint density at radius 1 is 1.44 bits per heavy atom. The molecule has 0 heterocycles. The van der Waals surface area contributed by atoms with Gasteiger partial charge in [0.1, 0.15) is 10.7 Å². The Hall–Kier alpha value is -0.520. The molecule has 1 aliphatic rings. The molecule has 2 N–H and O–H groups in total. The van der Waals surface area contributed by atoms with Crippen molar-refractivity contribution in [1.82, 2.24) is 0 Å². The molecule has 1 aliphatic carbocycles. The number of halogens is 1. The molecule has 1 fully saturated rings. The van der Waals surface area contributed by atoms with Crippen LogP contribution in [0, 0.1) is 0 Å². The van der Waals surface area contributed by atoms with Crippen molar-refractivity contribution in [3.63, 3.8) is 0 Å². The molecule has 0 aromatic carbocycles. The van der Waals surface area contributed by atoms with Crippen molar-refractivity contribution < 1.29 is 18.6 Å². The van der Waals surface area contributed by atoms with E-state index in [2.05, 4.69) is 6.58 Å². The highest BCUT2D eigenvalue weighted by Gasteiger charge is 2.40. The number of hydrogen-bond donors (Lipinski definition) is 2. The fourth-order valence-electron chi connectivity index (χ4n) is 1.98. The van der Waals surface area contributed by atoms with Gasteiger partial charge in [-0.25, -0.2) is 8.42 Å². The maximum absolute atomic E-state index is 12.1. The lowest BCUT2D eigenvalue weighted by atomic mass is 10.3. The summed E-state index contributed by atoms with van der Waals surface area (Å²) in [6.07, 6.45) is 0.591. The van der Waals surface area contributed by atoms with Gasteiger partial charge in [0.15, 0.2) is 9.84 Å². The average Bonchev–Trinajstić information content (AvgIpc) is 2.48. The van der Waals surface area contributed by atoms with Crippen LogP contribution in [-0.2, 0) is 9.84 Å². The second-order valence-corrected chi connectivity index (χ2v) is 6.46. The van der Waals surface area contributed by atoms with E-state index in [4.69, 9.17) is 11.6 Å². The quantitative estimate of drug-likeness (QED) is 0.604. The van der Waals surface area contributed by atoms with Crippen LogP contribution in [0.1, 0.15) is 26.2 Å². The molecule has 16 heavy (non-hydrogen) atoms. The lowest BCUT2D eigenvalue weighted by Crippen LogP contribution is -2.30. The van der Waals surface area contributed by atoms with Crippen molar-refractivity contribution in [2.24, 2.45) is 0 Å². The van der Waals surface area contributed by atoms with Crippen LogP contribution >= 0.6 is 11.6 Å². The highest BCUT2D eigenvalue weighted by Crippen LogP contribution is 2.33. The number of allylic oxidation sites excluding steroid dienone is 2. The largest absolute Gasteiger partial charge is 0.511 e. The van der Waals surface area contributed by atoms with Gasteiger partial charge in [0.05, 0.1) is 16.4 Å². The van der Waals surface area contributed by atoms with Crippen LogP contribution in [0.2, 0.25) is 0 Å². The fraction of sp³-hybridized carbons (Fsp3) is 0.600. The third-order valence-corrected chi connectivity index (χ3v) is 5.43. The molecule has 0 radical (unpaired) electrons. The van der Waals surface area contributed by atoms with Crippen molar-refractivity contribution in [1.29, 1.82) is 0 Å². The van der Waals surface area contributed by atoms with E-state index in [1.54, 1.807) is 0 Å². The molecule has 0 bridgehead atoms. The zero-order chi connectivity index (χ0) is 12.5. The van der Waals surface area contributed by atoms with Gasteiger partial charge < -0.3 is 10.2 Å². The van der Waals surface area contributed by atoms with Crippen molar-refractivity contribution in [3.05, 3.63) is 22.3 Å². The Morgan fingerprint density at radius 2 is 2.00 bits per heavy atom. The molecule has 0 saturated heterocycles. The van der Waals surface area contributed by atoms with Gasteiger partial charge in [0.25, 0.3) is 0 Å². The molecule has 92 valence electrons. The number of hydrogen-bond acceptors (Lipinski definition) is 4. The average molecular weight is 267 g/mol. The third kappa shape index (κ3) is 2.42. The maximum atomic E-state index is 12.1. The zero-order valence-corrected chi connectivity index (χ0v) is 10.6. The number of aliphatic hydroxyl groups excluding tert-OH is 2. The summed E-state index contributed by atoms with van der Waals surface area (Å²) < 4.78 is 24.2. The van der Waals surface area contributed by atoms with E-state index in [1.165, 1.54) is 6.92 Å². The zero-order valence-electron chi connectivity index (χ0n) is 8.98. The summed E-state index contributed by atoms with van der Waals surface area (Å²) in [6, 6.07) is 0. The second kappa shape index (κ2) is 4.77. The number of aliphatic hydroxyl groups is 2. The van der Waals surface area contributed by atoms with E-state index in [9.17, 15) is 18.6 Å². The number of sulfone groups is 1. The predicted octanol–water partition coefficient (Wildman–Crippen LogP) is 1.86. The molecule has 0 amide bonds. The fourth-order valence-corrected chi connectivity index (χ4v) is 4.49. The van der Waals surface area contributed by atoms with Crippen molar-refractivity contribution >= 4 is 21.4 Å². The van der Waals surface area contributed by atoms with E-state index < -0.39 is 21.2 Å². The molecule has 0 spiro atoms. The topological polar surface area (TPSA) is 74.6 Å². The molecular formula is C10H15ClO4S. The lowest BCUT2D eigenvalue weighted by Gasteiger charge is -2.17. The first-order chi connectivity index (χ1) is 7.28. The van der Waals surface area contributed by atoms with Crippen LogP contribution in [0.4, 0.5) is 0 Å². The van der Waals surface area contributed by atoms with Gasteiger partial charge in [-0.3, -0.25) is 0 Å². The van der Waals surface area contributed by atoms with Crippen molar-refractivity contribution in [2.45, 2.75) is 37.5 Å². The summed E-state index contributed by atoms with van der Waals surface area (Å²) >= 11 is 5.58. The Kier molecular flexibility index (Phi) is 4.04. The minimum atomic E-state index is -3.80. The predicted molar refractivity (Wildman–Crippen MR) is 62.9 cm³/mol. The van der Waals surface area contributed by atoms with E-state index in [0.717, 1.165) is 0 Å². The summed E-state index contributed by atoms with van der Waals surface area (Å²) in [5.74, 6) is -0.390. The molecule has 1 unspecified atom stereocenters. The highest BCUT2D eigenvalue weighted by molar-refractivity contribution is 7.96. The van der Waals surface area contributed by atoms with Crippen molar-refractivity contribution in [2.75, 3.05) is 0 Å². The van der Waals surface area contributed by atoms with Crippen LogP contribution in [-0.4, -0.2) is 30.0 Å². The van der Waals surface area contributed by atoms with Gasteiger partial charge in [-0.15, -0.1) is 0 Å². The van der Waals surface area contributed by atoms with E-state index >= 15 is 0 Å². The molecule has 0 aromatic heterocycles. The number of rotatable bonds is 3. The maximum Gasteiger partial charge on any atom is 0.188 e. The van der Waals surface area contributed by atoms with Crippen LogP contribution in [0.15, 0.2) is 22.3 Å². The third-order valence-electron chi connectivity index (χ3n) is 2.68. The van der Waals surface area contributed by atoms with Gasteiger partial charge in [-0.05, 0) is 26.2 Å². The van der Waals surface area contributed by atoms with Gasteiger partial charge in [-0.2, -0.15) is 0 Å². The normalized spacial score (nSPS) is 27.7. The molecule has 1 rings (SSSR count). The summed E-state index contributed by atoms with van der Waals surface area (Å²) in [7, 11) is -3.80. The first-order valence-corrected chi connectivity index (χ1v) is 6.87. The van der Waals surface area contributed by atoms with E-state index in [0.29, 0.717) is 19.3 Å². The van der Waals surface area contributed by atoms with Gasteiger partial charge >= 0.3 is 0 Å². The Balaban J connectivity index is 3.20. The van der Waals surface area contributed by atoms with Gasteiger partial charge in [0.2, 0.25) is 0 Å². The van der Waals surface area contributed by atoms with Crippen LogP contribution in [0.5, 0.6) is 0 Å². The Morgan fingerprint density at radius 3 is 2.31 bits per heavy atom. The molecule has 6 heteroatoms. The first kappa shape index (κ1) is 13.5. The Labute approximate surface area is 100 Å². The second-order valence-electron chi connectivity index (χ2n) is 3.90.